The van der Waals surface area contributed by atoms with Gasteiger partial charge in [-0.3, -0.25) is 0 Å². The molecule has 5 heteroatoms. The maximum absolute atomic E-state index is 2.61. The zero-order valence-corrected chi connectivity index (χ0v) is 21.9. The Bertz CT molecular complexity index is 1060. The van der Waals surface area contributed by atoms with Gasteiger partial charge in [0.1, 0.15) is 0 Å². The van der Waals surface area contributed by atoms with Crippen LogP contribution in [-0.4, -0.2) is 25.7 Å². The molecular weight excluding hydrogens is 437 g/mol. The van der Waals surface area contributed by atoms with Crippen molar-refractivity contribution in [3.8, 4) is 9.75 Å². The Morgan fingerprint density at radius 3 is 1.31 bits per heavy atom. The molecule has 0 N–H and O–H groups in total. The van der Waals surface area contributed by atoms with Gasteiger partial charge < -0.3 is 0 Å². The molecular formula is C24H24S2Si3. The summed E-state index contributed by atoms with van der Waals surface area (Å²) in [5.74, 6) is 0. The minimum atomic E-state index is -2.22. The van der Waals surface area contributed by atoms with E-state index in [-0.39, 0.29) is 0 Å². The number of rotatable bonds is 4. The van der Waals surface area contributed by atoms with E-state index in [9.17, 15) is 0 Å². The van der Waals surface area contributed by atoms with Gasteiger partial charge in [-0.05, 0) is 29.7 Å². The summed E-state index contributed by atoms with van der Waals surface area (Å²) in [7, 11) is -3.14. The molecule has 0 amide bonds. The monoisotopic (exact) mass is 460 g/mol. The molecule has 1 aliphatic heterocycles. The molecule has 3 heterocycles. The molecule has 4 aromatic rings. The van der Waals surface area contributed by atoms with Crippen molar-refractivity contribution in [1.82, 2.24) is 0 Å². The van der Waals surface area contributed by atoms with Gasteiger partial charge in [-0.1, -0.05) is 99.0 Å². The smallest absolute Gasteiger partial charge is 0.145 e. The third kappa shape index (κ3) is 2.86. The van der Waals surface area contributed by atoms with Crippen molar-refractivity contribution in [2.24, 2.45) is 0 Å². The highest BCUT2D eigenvalue weighted by atomic mass is 32.1. The van der Waals surface area contributed by atoms with E-state index >= 15 is 0 Å². The molecule has 29 heavy (non-hydrogen) atoms. The Morgan fingerprint density at radius 1 is 0.586 bits per heavy atom. The third-order valence-electron chi connectivity index (χ3n) is 5.88. The Hall–Kier alpha value is -1.51. The van der Waals surface area contributed by atoms with Gasteiger partial charge in [0, 0.05) is 9.75 Å². The van der Waals surface area contributed by atoms with Crippen LogP contribution >= 0.6 is 22.7 Å². The minimum absolute atomic E-state index is 0.461. The molecule has 0 unspecified atom stereocenters. The van der Waals surface area contributed by atoms with Crippen LogP contribution in [0.5, 0.6) is 0 Å². The summed E-state index contributed by atoms with van der Waals surface area (Å²) in [5, 5.41) is 6.36. The fourth-order valence-corrected chi connectivity index (χ4v) is 16.2. The molecule has 0 bridgehead atoms. The van der Waals surface area contributed by atoms with Gasteiger partial charge in [0.25, 0.3) is 0 Å². The normalized spacial score (nSPS) is 14.4. The molecule has 2 aromatic carbocycles. The maximum atomic E-state index is 2.61. The number of benzene rings is 2. The van der Waals surface area contributed by atoms with Crippen molar-refractivity contribution in [2.75, 3.05) is 0 Å². The van der Waals surface area contributed by atoms with Crippen molar-refractivity contribution in [3.63, 3.8) is 0 Å². The highest BCUT2D eigenvalue weighted by Gasteiger charge is 2.51. The minimum Gasteiger partial charge on any atom is -0.145 e. The summed E-state index contributed by atoms with van der Waals surface area (Å²) < 4.78 is 3.26. The second-order valence-corrected chi connectivity index (χ2v) is 19.8. The molecule has 0 saturated carbocycles. The highest BCUT2D eigenvalue weighted by Crippen LogP contribution is 2.35. The van der Waals surface area contributed by atoms with E-state index in [0.29, 0.717) is 0 Å². The Kier molecular flexibility index (Phi) is 4.91. The number of fused-ring (bicyclic) bond motifs is 3. The summed E-state index contributed by atoms with van der Waals surface area (Å²) in [6.07, 6.45) is 0. The molecule has 0 fully saturated rings. The first kappa shape index (κ1) is 19.5. The van der Waals surface area contributed by atoms with Gasteiger partial charge in [-0.25, -0.2) is 0 Å². The lowest BCUT2D eigenvalue weighted by Gasteiger charge is -2.30. The van der Waals surface area contributed by atoms with Gasteiger partial charge in [-0.2, -0.15) is 0 Å². The van der Waals surface area contributed by atoms with Crippen molar-refractivity contribution >= 4 is 78.1 Å². The summed E-state index contributed by atoms with van der Waals surface area (Å²) in [5.41, 5.74) is 0. The largest absolute Gasteiger partial charge is 0.182 e. The zero-order valence-electron chi connectivity index (χ0n) is 17.2. The Morgan fingerprint density at radius 2 is 0.966 bits per heavy atom. The number of hydrogen-bond acceptors (Lipinski definition) is 2. The average Bonchev–Trinajstić information content (AvgIpc) is 3.40. The van der Waals surface area contributed by atoms with Crippen LogP contribution in [-0.2, 0) is 0 Å². The van der Waals surface area contributed by atoms with Crippen molar-refractivity contribution in [2.45, 2.75) is 26.2 Å². The van der Waals surface area contributed by atoms with E-state index in [2.05, 4.69) is 122 Å². The van der Waals surface area contributed by atoms with E-state index < -0.39 is 25.7 Å². The van der Waals surface area contributed by atoms with Crippen molar-refractivity contribution < 1.29 is 0 Å². The van der Waals surface area contributed by atoms with Crippen LogP contribution in [0.1, 0.15) is 0 Å². The molecule has 1 aliphatic rings. The molecule has 5 rings (SSSR count). The lowest BCUT2D eigenvalue weighted by molar-refractivity contribution is 1.71. The molecule has 0 atom stereocenters. The fraction of sp³-hybridized carbons (Fsp3) is 0.167. The van der Waals surface area contributed by atoms with Gasteiger partial charge in [0.2, 0.25) is 0 Å². The van der Waals surface area contributed by atoms with E-state index in [4.69, 9.17) is 0 Å². The first-order valence-electron chi connectivity index (χ1n) is 10.0. The van der Waals surface area contributed by atoms with Gasteiger partial charge >= 0.3 is 0 Å². The highest BCUT2D eigenvalue weighted by molar-refractivity contribution is 7.39. The predicted molar refractivity (Wildman–Crippen MR) is 139 cm³/mol. The van der Waals surface area contributed by atoms with Crippen LogP contribution in [0.15, 0.2) is 72.8 Å². The zero-order chi connectivity index (χ0) is 20.2. The quantitative estimate of drug-likeness (QED) is 0.362. The van der Waals surface area contributed by atoms with Crippen LogP contribution in [0.3, 0.4) is 0 Å². The summed E-state index contributed by atoms with van der Waals surface area (Å²) >= 11 is 4.18. The summed E-state index contributed by atoms with van der Waals surface area (Å²) in [6, 6.07) is 28.0. The van der Waals surface area contributed by atoms with Crippen LogP contribution in [0.2, 0.25) is 26.2 Å². The van der Waals surface area contributed by atoms with E-state index in [1.807, 2.05) is 0 Å². The van der Waals surface area contributed by atoms with Crippen LogP contribution in [0, 0.1) is 0 Å². The van der Waals surface area contributed by atoms with Gasteiger partial charge in [0.15, 0.2) is 8.07 Å². The SMILES string of the molecule is C[Si](C)c1cc2c(s1)-c1sc([Si](C)C)cc1[Si]2(c1ccccc1)c1ccccc1. The molecule has 0 spiro atoms. The van der Waals surface area contributed by atoms with E-state index in [0.717, 1.165) is 0 Å². The first-order chi connectivity index (χ1) is 14.0. The van der Waals surface area contributed by atoms with Crippen molar-refractivity contribution in [1.29, 1.82) is 0 Å². The maximum Gasteiger partial charge on any atom is 0.182 e. The summed E-state index contributed by atoms with van der Waals surface area (Å²) in [4.78, 5) is 3.17. The third-order valence-corrected chi connectivity index (χ3v) is 18.4. The standard InChI is InChI=1S/C24H24S2Si3/c1-27(2)21-15-19-23(25-21)24-20(16-22(26-24)28(3)4)29(19,17-11-7-5-8-12-17)18-13-9-6-10-14-18/h5-16H,1-4H3. The summed E-state index contributed by atoms with van der Waals surface area (Å²) in [6.45, 7) is 9.72. The molecule has 0 saturated heterocycles. The number of hydrogen-bond donors (Lipinski definition) is 0. The van der Waals surface area contributed by atoms with Gasteiger partial charge in [0.05, 0.1) is 17.6 Å². The Balaban J connectivity index is 1.92. The molecule has 144 valence electrons. The molecule has 0 nitrogen and oxygen atoms in total. The lowest BCUT2D eigenvalue weighted by Crippen LogP contribution is -2.72. The van der Waals surface area contributed by atoms with Crippen LogP contribution in [0.4, 0.5) is 0 Å². The first-order valence-corrected chi connectivity index (χ1v) is 18.7. The fourth-order valence-electron chi connectivity index (χ4n) is 4.48. The molecule has 2 aromatic heterocycles. The average molecular weight is 461 g/mol. The van der Waals surface area contributed by atoms with Gasteiger partial charge in [-0.15, -0.1) is 22.7 Å². The predicted octanol–water partition coefficient (Wildman–Crippen LogP) is 3.09. The topological polar surface area (TPSA) is 0 Å². The molecule has 2 radical (unpaired) electrons. The second kappa shape index (κ2) is 7.32. The number of thiophene rings is 2. The molecule has 0 aliphatic carbocycles. The van der Waals surface area contributed by atoms with E-state index in [1.165, 1.54) is 10.4 Å². The second-order valence-electron chi connectivity index (χ2n) is 8.19. The van der Waals surface area contributed by atoms with Crippen LogP contribution in [0.25, 0.3) is 9.75 Å². The van der Waals surface area contributed by atoms with Crippen LogP contribution < -0.4 is 29.7 Å². The van der Waals surface area contributed by atoms with Crippen molar-refractivity contribution in [3.05, 3.63) is 72.8 Å². The lowest BCUT2D eigenvalue weighted by atomic mass is 10.4. The van der Waals surface area contributed by atoms with E-state index in [1.54, 1.807) is 29.1 Å². The Labute approximate surface area is 186 Å².